The summed E-state index contributed by atoms with van der Waals surface area (Å²) in [5.41, 5.74) is 0.191. The van der Waals surface area contributed by atoms with Crippen LogP contribution in [0, 0.1) is 19.7 Å². The van der Waals surface area contributed by atoms with E-state index >= 15 is 0 Å². The summed E-state index contributed by atoms with van der Waals surface area (Å²) >= 11 is 6.11. The molecule has 0 radical (unpaired) electrons. The predicted molar refractivity (Wildman–Crippen MR) is 136 cm³/mol. The topological polar surface area (TPSA) is 82.2 Å². The maximum atomic E-state index is 14.6. The number of anilines is 1. The van der Waals surface area contributed by atoms with Gasteiger partial charge < -0.3 is 14.5 Å². The minimum absolute atomic E-state index is 0.0336. The van der Waals surface area contributed by atoms with Crippen LogP contribution < -0.4 is 10.1 Å². The number of ether oxygens (including phenoxy) is 1. The fourth-order valence-electron chi connectivity index (χ4n) is 3.87. The average molecular weight is 559 g/mol. The van der Waals surface area contributed by atoms with Crippen LogP contribution in [-0.4, -0.2) is 20.7 Å². The lowest BCUT2D eigenvalue weighted by molar-refractivity contribution is -0.141. The number of rotatable bonds is 6. The molecule has 0 aliphatic rings. The first-order valence-electron chi connectivity index (χ1n) is 11.5. The predicted octanol–water partition coefficient (Wildman–Crippen LogP) is 7.27. The summed E-state index contributed by atoms with van der Waals surface area (Å²) < 4.78 is 67.6. The van der Waals surface area contributed by atoms with E-state index in [1.807, 2.05) is 6.92 Å². The smallest absolute Gasteiger partial charge is 0.436 e. The number of hydrogen-bond acceptors (Lipinski definition) is 5. The fourth-order valence-corrected chi connectivity index (χ4v) is 4.15. The Hall–Kier alpha value is -4.38. The van der Waals surface area contributed by atoms with Crippen molar-refractivity contribution in [2.24, 2.45) is 0 Å². The number of carbonyl (C=O) groups excluding carboxylic acids is 1. The first kappa shape index (κ1) is 26.2. The molecular weight excluding hydrogens is 540 g/mol. The second-order valence-corrected chi connectivity index (χ2v) is 9.04. The van der Waals surface area contributed by atoms with E-state index in [1.54, 1.807) is 31.2 Å². The number of hydrogen-bond donors (Lipinski definition) is 1. The van der Waals surface area contributed by atoms with Crippen LogP contribution in [0.25, 0.3) is 16.8 Å². The van der Waals surface area contributed by atoms with Gasteiger partial charge in [-0.25, -0.2) is 14.1 Å². The van der Waals surface area contributed by atoms with Crippen molar-refractivity contribution in [1.82, 2.24) is 14.8 Å². The van der Waals surface area contributed by atoms with Crippen molar-refractivity contribution in [3.63, 3.8) is 0 Å². The average Bonchev–Trinajstić information content (AvgIpc) is 3.42. The minimum Gasteiger partial charge on any atom is -0.487 e. The third-order valence-corrected chi connectivity index (χ3v) is 6.16. The van der Waals surface area contributed by atoms with E-state index in [4.69, 9.17) is 20.8 Å². The molecule has 39 heavy (non-hydrogen) atoms. The summed E-state index contributed by atoms with van der Waals surface area (Å²) in [6.45, 7) is 3.16. The molecule has 3 aromatic carbocycles. The normalized spacial score (nSPS) is 11.7. The minimum atomic E-state index is -4.83. The van der Waals surface area contributed by atoms with Gasteiger partial charge in [-0.2, -0.15) is 18.3 Å². The highest BCUT2D eigenvalue weighted by Crippen LogP contribution is 2.37. The SMILES string of the molecule is Cc1ccc(OCc2c(Cl)c(C(F)(F)F)nn2-c2cccc(C(=O)Nc3cc4oc(C)nc4cc3F)c2)cc1. The molecule has 7 nitrogen and oxygen atoms in total. The van der Waals surface area contributed by atoms with Gasteiger partial charge in [0.2, 0.25) is 0 Å². The van der Waals surface area contributed by atoms with Crippen LogP contribution in [0.4, 0.5) is 23.2 Å². The van der Waals surface area contributed by atoms with E-state index in [1.165, 1.54) is 30.3 Å². The third kappa shape index (κ3) is 5.44. The molecule has 5 aromatic rings. The van der Waals surface area contributed by atoms with Gasteiger partial charge in [0.15, 0.2) is 17.2 Å². The van der Waals surface area contributed by atoms with Gasteiger partial charge in [-0.05, 0) is 37.3 Å². The molecule has 200 valence electrons. The van der Waals surface area contributed by atoms with Crippen LogP contribution in [0.5, 0.6) is 5.75 Å². The fraction of sp³-hybridized carbons (Fsp3) is 0.148. The molecule has 1 N–H and O–H groups in total. The molecule has 0 fully saturated rings. The molecule has 5 rings (SSSR count). The van der Waals surface area contributed by atoms with Gasteiger partial charge in [-0.15, -0.1) is 0 Å². The molecule has 2 heterocycles. The van der Waals surface area contributed by atoms with Gasteiger partial charge in [0.1, 0.15) is 29.4 Å². The number of nitrogens with zero attached hydrogens (tertiary/aromatic N) is 3. The molecule has 0 spiro atoms. The Bertz CT molecular complexity index is 1690. The van der Waals surface area contributed by atoms with E-state index in [0.29, 0.717) is 17.2 Å². The second kappa shape index (κ2) is 10.1. The van der Waals surface area contributed by atoms with Crippen molar-refractivity contribution in [3.8, 4) is 11.4 Å². The van der Waals surface area contributed by atoms with Crippen LogP contribution in [0.2, 0.25) is 5.02 Å². The Morgan fingerprint density at radius 2 is 1.85 bits per heavy atom. The first-order chi connectivity index (χ1) is 18.5. The number of aromatic nitrogens is 3. The van der Waals surface area contributed by atoms with Crippen LogP contribution in [0.1, 0.15) is 33.2 Å². The lowest BCUT2D eigenvalue weighted by Crippen LogP contribution is -2.14. The zero-order valence-electron chi connectivity index (χ0n) is 20.4. The largest absolute Gasteiger partial charge is 0.487 e. The molecule has 0 aliphatic carbocycles. The molecule has 1 amide bonds. The summed E-state index contributed by atoms with van der Waals surface area (Å²) in [6.07, 6.45) is -4.83. The Morgan fingerprint density at radius 1 is 1.10 bits per heavy atom. The maximum Gasteiger partial charge on any atom is 0.436 e. The quantitative estimate of drug-likeness (QED) is 0.222. The van der Waals surface area contributed by atoms with E-state index < -0.39 is 28.6 Å². The molecule has 0 unspecified atom stereocenters. The highest BCUT2D eigenvalue weighted by Gasteiger charge is 2.39. The van der Waals surface area contributed by atoms with Gasteiger partial charge in [0.25, 0.3) is 5.91 Å². The summed E-state index contributed by atoms with van der Waals surface area (Å²) in [6, 6.07) is 15.0. The Kier molecular flexibility index (Phi) is 6.77. The van der Waals surface area contributed by atoms with Crippen molar-refractivity contribution in [2.45, 2.75) is 26.6 Å². The first-order valence-corrected chi connectivity index (χ1v) is 11.9. The number of carbonyl (C=O) groups is 1. The van der Waals surface area contributed by atoms with E-state index in [9.17, 15) is 22.4 Å². The Labute approximate surface area is 224 Å². The number of aryl methyl sites for hydroxylation is 2. The van der Waals surface area contributed by atoms with Crippen molar-refractivity contribution in [2.75, 3.05) is 5.32 Å². The van der Waals surface area contributed by atoms with Crippen molar-refractivity contribution in [1.29, 1.82) is 0 Å². The summed E-state index contributed by atoms with van der Waals surface area (Å²) in [5.74, 6) is -0.687. The summed E-state index contributed by atoms with van der Waals surface area (Å²) in [4.78, 5) is 17.0. The number of halogens is 5. The maximum absolute atomic E-state index is 14.6. The van der Waals surface area contributed by atoms with Gasteiger partial charge in [0, 0.05) is 24.6 Å². The van der Waals surface area contributed by atoms with Crippen LogP contribution in [0.3, 0.4) is 0 Å². The van der Waals surface area contributed by atoms with Crippen LogP contribution >= 0.6 is 11.6 Å². The lowest BCUT2D eigenvalue weighted by atomic mass is 10.1. The molecule has 0 atom stereocenters. The number of alkyl halides is 3. The number of amides is 1. The van der Waals surface area contributed by atoms with Crippen LogP contribution in [-0.2, 0) is 12.8 Å². The monoisotopic (exact) mass is 558 g/mol. The van der Waals surface area contributed by atoms with Crippen molar-refractivity contribution >= 4 is 34.3 Å². The highest BCUT2D eigenvalue weighted by molar-refractivity contribution is 6.32. The standard InChI is InChI=1S/C27H19ClF4N4O3/c1-14-6-8-18(9-7-14)38-13-22-24(28)25(27(30,31)32)35-36(22)17-5-3-4-16(10-17)26(37)34-20-12-23-21(11-19(20)29)33-15(2)39-23/h3-12H,13H2,1-2H3,(H,34,37). The number of nitrogens with one attached hydrogen (secondary N) is 1. The zero-order chi connectivity index (χ0) is 27.9. The van der Waals surface area contributed by atoms with Crippen molar-refractivity contribution in [3.05, 3.63) is 99.9 Å². The number of fused-ring (bicyclic) bond motifs is 1. The van der Waals surface area contributed by atoms with Gasteiger partial charge in [-0.1, -0.05) is 35.4 Å². The molecule has 2 aromatic heterocycles. The number of oxazole rings is 1. The highest BCUT2D eigenvalue weighted by atomic mass is 35.5. The van der Waals surface area contributed by atoms with Gasteiger partial charge in [0.05, 0.1) is 16.4 Å². The Morgan fingerprint density at radius 3 is 2.56 bits per heavy atom. The molecular formula is C27H19ClF4N4O3. The third-order valence-electron chi connectivity index (χ3n) is 5.77. The molecule has 0 saturated carbocycles. The van der Waals surface area contributed by atoms with E-state index in [0.717, 1.165) is 16.3 Å². The van der Waals surface area contributed by atoms with Crippen molar-refractivity contribution < 1.29 is 31.5 Å². The van der Waals surface area contributed by atoms with Crippen LogP contribution in [0.15, 0.2) is 65.1 Å². The van der Waals surface area contributed by atoms with Gasteiger partial charge in [-0.3, -0.25) is 4.79 Å². The summed E-state index contributed by atoms with van der Waals surface area (Å²) in [5, 5.41) is 5.51. The van der Waals surface area contributed by atoms with E-state index in [2.05, 4.69) is 15.4 Å². The lowest BCUT2D eigenvalue weighted by Gasteiger charge is -2.12. The Balaban J connectivity index is 1.47. The molecule has 0 bridgehead atoms. The zero-order valence-corrected chi connectivity index (χ0v) is 21.2. The molecule has 0 saturated heterocycles. The van der Waals surface area contributed by atoms with E-state index in [-0.39, 0.29) is 34.8 Å². The van der Waals surface area contributed by atoms with Gasteiger partial charge >= 0.3 is 6.18 Å². The number of benzene rings is 3. The molecule has 0 aliphatic heterocycles. The summed E-state index contributed by atoms with van der Waals surface area (Å²) in [7, 11) is 0. The second-order valence-electron chi connectivity index (χ2n) is 8.66. The molecule has 12 heteroatoms.